The van der Waals surface area contributed by atoms with Crippen LogP contribution < -0.4 is 10.1 Å². The van der Waals surface area contributed by atoms with E-state index in [2.05, 4.69) is 5.32 Å². The first-order valence-electron chi connectivity index (χ1n) is 6.90. The van der Waals surface area contributed by atoms with Gasteiger partial charge in [0.05, 0.1) is 6.54 Å². The number of rotatable bonds is 6. The molecule has 1 unspecified atom stereocenters. The molecule has 1 amide bonds. The van der Waals surface area contributed by atoms with Gasteiger partial charge in [-0.25, -0.2) is 0 Å². The van der Waals surface area contributed by atoms with Crippen molar-refractivity contribution in [3.05, 3.63) is 65.2 Å². The van der Waals surface area contributed by atoms with Crippen LogP contribution in [0.4, 0.5) is 0 Å². The van der Waals surface area contributed by atoms with Crippen LogP contribution in [-0.2, 0) is 10.4 Å². The second-order valence-corrected chi connectivity index (χ2v) is 5.60. The molecule has 2 rings (SSSR count). The second-order valence-electron chi connectivity index (χ2n) is 5.16. The van der Waals surface area contributed by atoms with Crippen molar-refractivity contribution in [2.24, 2.45) is 0 Å². The Labute approximate surface area is 134 Å². The summed E-state index contributed by atoms with van der Waals surface area (Å²) in [6, 6.07) is 15.9. The van der Waals surface area contributed by atoms with Gasteiger partial charge in [-0.15, -0.1) is 0 Å². The molecular weight excluding hydrogens is 302 g/mol. The second kappa shape index (κ2) is 7.29. The molecule has 0 saturated carbocycles. The summed E-state index contributed by atoms with van der Waals surface area (Å²) >= 11 is 5.82. The van der Waals surface area contributed by atoms with Crippen LogP contribution in [0.2, 0.25) is 5.02 Å². The highest BCUT2D eigenvalue weighted by atomic mass is 35.5. The maximum absolute atomic E-state index is 11.8. The highest BCUT2D eigenvalue weighted by molar-refractivity contribution is 6.30. The molecule has 0 aliphatic heterocycles. The fourth-order valence-corrected chi connectivity index (χ4v) is 2.02. The van der Waals surface area contributed by atoms with E-state index in [-0.39, 0.29) is 19.1 Å². The van der Waals surface area contributed by atoms with Gasteiger partial charge in [-0.3, -0.25) is 4.79 Å². The molecule has 0 fully saturated rings. The number of hydrogen-bond acceptors (Lipinski definition) is 3. The van der Waals surface area contributed by atoms with Crippen LogP contribution in [0, 0.1) is 0 Å². The first kappa shape index (κ1) is 16.3. The summed E-state index contributed by atoms with van der Waals surface area (Å²) in [6.07, 6.45) is 0. The van der Waals surface area contributed by atoms with Gasteiger partial charge in [0, 0.05) is 5.02 Å². The molecule has 116 valence electrons. The van der Waals surface area contributed by atoms with Crippen molar-refractivity contribution in [1.29, 1.82) is 0 Å². The van der Waals surface area contributed by atoms with Crippen molar-refractivity contribution in [2.75, 3.05) is 13.2 Å². The van der Waals surface area contributed by atoms with Crippen molar-refractivity contribution in [1.82, 2.24) is 5.32 Å². The van der Waals surface area contributed by atoms with E-state index in [1.807, 2.05) is 18.2 Å². The van der Waals surface area contributed by atoms with Gasteiger partial charge in [0.2, 0.25) is 0 Å². The number of hydrogen-bond donors (Lipinski definition) is 2. The normalized spacial score (nSPS) is 13.2. The van der Waals surface area contributed by atoms with Gasteiger partial charge < -0.3 is 15.2 Å². The van der Waals surface area contributed by atoms with Crippen LogP contribution in [0.5, 0.6) is 5.75 Å². The van der Waals surface area contributed by atoms with Crippen molar-refractivity contribution >= 4 is 17.5 Å². The van der Waals surface area contributed by atoms with Gasteiger partial charge in [0.25, 0.3) is 5.91 Å². The smallest absolute Gasteiger partial charge is 0.258 e. The van der Waals surface area contributed by atoms with E-state index in [4.69, 9.17) is 16.3 Å². The molecule has 22 heavy (non-hydrogen) atoms. The molecule has 5 heteroatoms. The van der Waals surface area contributed by atoms with Gasteiger partial charge >= 0.3 is 0 Å². The lowest BCUT2D eigenvalue weighted by atomic mass is 9.96. The summed E-state index contributed by atoms with van der Waals surface area (Å²) in [5, 5.41) is 13.7. The molecule has 0 aliphatic rings. The molecule has 1 atom stereocenters. The average molecular weight is 320 g/mol. The summed E-state index contributed by atoms with van der Waals surface area (Å²) in [4.78, 5) is 11.8. The topological polar surface area (TPSA) is 58.6 Å². The lowest BCUT2D eigenvalue weighted by Gasteiger charge is -2.24. The molecule has 0 aromatic heterocycles. The van der Waals surface area contributed by atoms with E-state index in [1.54, 1.807) is 43.3 Å². The fraction of sp³-hybridized carbons (Fsp3) is 0.235. The summed E-state index contributed by atoms with van der Waals surface area (Å²) < 4.78 is 5.34. The summed E-state index contributed by atoms with van der Waals surface area (Å²) in [7, 11) is 0. The third-order valence-corrected chi connectivity index (χ3v) is 3.46. The zero-order valence-electron chi connectivity index (χ0n) is 12.3. The van der Waals surface area contributed by atoms with Crippen LogP contribution >= 0.6 is 11.6 Å². The van der Waals surface area contributed by atoms with Crippen LogP contribution in [-0.4, -0.2) is 24.2 Å². The van der Waals surface area contributed by atoms with Crippen molar-refractivity contribution < 1.29 is 14.6 Å². The van der Waals surface area contributed by atoms with Crippen molar-refractivity contribution in [3.8, 4) is 5.75 Å². The van der Waals surface area contributed by atoms with Gasteiger partial charge in [0.15, 0.2) is 6.61 Å². The molecule has 0 heterocycles. The quantitative estimate of drug-likeness (QED) is 0.860. The predicted molar refractivity (Wildman–Crippen MR) is 86.0 cm³/mol. The van der Waals surface area contributed by atoms with Crippen LogP contribution in [0.25, 0.3) is 0 Å². The monoisotopic (exact) mass is 319 g/mol. The van der Waals surface area contributed by atoms with Gasteiger partial charge in [0.1, 0.15) is 11.4 Å². The molecule has 0 saturated heterocycles. The van der Waals surface area contributed by atoms with Crippen molar-refractivity contribution in [2.45, 2.75) is 12.5 Å². The van der Waals surface area contributed by atoms with E-state index in [0.717, 1.165) is 0 Å². The Kier molecular flexibility index (Phi) is 5.41. The number of halogens is 1. The van der Waals surface area contributed by atoms with E-state index >= 15 is 0 Å². The molecule has 2 aromatic carbocycles. The average Bonchev–Trinajstić information content (AvgIpc) is 2.52. The Balaban J connectivity index is 1.83. The number of carbonyl (C=O) groups excluding carboxylic acids is 1. The zero-order valence-corrected chi connectivity index (χ0v) is 13.0. The van der Waals surface area contributed by atoms with E-state index in [1.165, 1.54) is 0 Å². The maximum atomic E-state index is 11.8. The number of ether oxygens (including phenoxy) is 1. The Morgan fingerprint density at radius 3 is 2.45 bits per heavy atom. The first-order chi connectivity index (χ1) is 10.5. The lowest BCUT2D eigenvalue weighted by molar-refractivity contribution is -0.124. The minimum atomic E-state index is -1.17. The van der Waals surface area contributed by atoms with E-state index < -0.39 is 5.60 Å². The van der Waals surface area contributed by atoms with Crippen LogP contribution in [0.3, 0.4) is 0 Å². The predicted octanol–water partition coefficient (Wildman–Crippen LogP) is 2.74. The molecule has 4 nitrogen and oxygen atoms in total. The minimum absolute atomic E-state index is 0.0889. The maximum Gasteiger partial charge on any atom is 0.258 e. The van der Waals surface area contributed by atoms with Gasteiger partial charge in [-0.05, 0) is 36.8 Å². The highest BCUT2D eigenvalue weighted by Crippen LogP contribution is 2.21. The number of para-hydroxylation sites is 1. The van der Waals surface area contributed by atoms with Crippen LogP contribution in [0.15, 0.2) is 54.6 Å². The zero-order chi connectivity index (χ0) is 16.0. The third-order valence-electron chi connectivity index (χ3n) is 3.21. The Morgan fingerprint density at radius 1 is 1.18 bits per heavy atom. The molecule has 2 aromatic rings. The third kappa shape index (κ3) is 4.76. The standard InChI is InChI=1S/C17H18ClNO3/c1-17(21,13-7-9-14(18)10-8-13)12-19-16(20)11-22-15-5-3-2-4-6-15/h2-10,21H,11-12H2,1H3,(H,19,20). The van der Waals surface area contributed by atoms with Gasteiger partial charge in [-0.2, -0.15) is 0 Å². The molecule has 0 radical (unpaired) electrons. The Morgan fingerprint density at radius 2 is 1.82 bits per heavy atom. The Hall–Kier alpha value is -2.04. The van der Waals surface area contributed by atoms with Crippen molar-refractivity contribution in [3.63, 3.8) is 0 Å². The highest BCUT2D eigenvalue weighted by Gasteiger charge is 2.23. The number of nitrogens with one attached hydrogen (secondary N) is 1. The molecule has 0 bridgehead atoms. The largest absolute Gasteiger partial charge is 0.484 e. The van der Waals surface area contributed by atoms with E-state index in [0.29, 0.717) is 16.3 Å². The number of benzene rings is 2. The number of aliphatic hydroxyl groups is 1. The Bertz CT molecular complexity index is 612. The summed E-state index contributed by atoms with van der Waals surface area (Å²) in [5.41, 5.74) is -0.492. The molecule has 0 aliphatic carbocycles. The number of carbonyl (C=O) groups is 1. The minimum Gasteiger partial charge on any atom is -0.484 e. The molecular formula is C17H18ClNO3. The fourth-order valence-electron chi connectivity index (χ4n) is 1.90. The summed E-state index contributed by atoms with van der Waals surface area (Å²) in [5.74, 6) is 0.334. The first-order valence-corrected chi connectivity index (χ1v) is 7.28. The number of amides is 1. The summed E-state index contributed by atoms with van der Waals surface area (Å²) in [6.45, 7) is 1.63. The lowest BCUT2D eigenvalue weighted by Crippen LogP contribution is -2.40. The van der Waals surface area contributed by atoms with E-state index in [9.17, 15) is 9.90 Å². The van der Waals surface area contributed by atoms with Gasteiger partial charge in [-0.1, -0.05) is 41.9 Å². The molecule has 0 spiro atoms. The molecule has 2 N–H and O–H groups in total. The SMILES string of the molecule is CC(O)(CNC(=O)COc1ccccc1)c1ccc(Cl)cc1. The van der Waals surface area contributed by atoms with Crippen LogP contribution in [0.1, 0.15) is 12.5 Å².